The molecule has 3 aromatic heterocycles. The van der Waals surface area contributed by atoms with Gasteiger partial charge in [-0.25, -0.2) is 15.0 Å². The quantitative estimate of drug-likeness (QED) is 0.232. The van der Waals surface area contributed by atoms with Gasteiger partial charge in [0, 0.05) is 17.5 Å². The third-order valence-electron chi connectivity index (χ3n) is 6.61. The van der Waals surface area contributed by atoms with Gasteiger partial charge in [0.15, 0.2) is 11.5 Å². The lowest BCUT2D eigenvalue weighted by Gasteiger charge is -2.13. The van der Waals surface area contributed by atoms with Gasteiger partial charge in [0.25, 0.3) is 11.5 Å². The summed E-state index contributed by atoms with van der Waals surface area (Å²) in [5, 5.41) is 0.547. The highest BCUT2D eigenvalue weighted by molar-refractivity contribution is 7.10. The molecule has 0 radical (unpaired) electrons. The topological polar surface area (TPSA) is 152 Å². The molecule has 0 unspecified atom stereocenters. The van der Waals surface area contributed by atoms with Crippen molar-refractivity contribution in [3.63, 3.8) is 0 Å². The number of carbonyl (C=O) groups is 1. The average Bonchev–Trinajstić information content (AvgIpc) is 3.58. The van der Waals surface area contributed by atoms with E-state index in [-0.39, 0.29) is 23.2 Å². The van der Waals surface area contributed by atoms with Gasteiger partial charge < -0.3 is 16.2 Å². The fraction of sp³-hybridized carbons (Fsp3) is 0.143. The van der Waals surface area contributed by atoms with Gasteiger partial charge in [-0.3, -0.25) is 19.1 Å². The van der Waals surface area contributed by atoms with Crippen LogP contribution in [-0.2, 0) is 6.42 Å². The molecule has 0 aliphatic heterocycles. The van der Waals surface area contributed by atoms with E-state index >= 15 is 0 Å². The Labute approximate surface area is 269 Å². The van der Waals surface area contributed by atoms with Crippen molar-refractivity contribution >= 4 is 34.0 Å². The van der Waals surface area contributed by atoms with Crippen molar-refractivity contribution in [2.45, 2.75) is 33.3 Å². The van der Waals surface area contributed by atoms with Gasteiger partial charge >= 0.3 is 0 Å². The van der Waals surface area contributed by atoms with Crippen molar-refractivity contribution in [1.29, 1.82) is 0 Å². The number of ether oxygens (including phenoxy) is 1. The summed E-state index contributed by atoms with van der Waals surface area (Å²) in [6, 6.07) is 22.5. The molecular weight excluding hydrogens is 598 g/mol. The Morgan fingerprint density at radius 2 is 1.74 bits per heavy atom. The van der Waals surface area contributed by atoms with E-state index < -0.39 is 5.91 Å². The Bertz CT molecular complexity index is 2100. The van der Waals surface area contributed by atoms with Crippen LogP contribution in [0.25, 0.3) is 27.8 Å². The van der Waals surface area contributed by atoms with Crippen molar-refractivity contribution in [2.75, 3.05) is 5.73 Å². The predicted octanol–water partition coefficient (Wildman–Crippen LogP) is 5.42. The molecule has 0 saturated carbocycles. The molecule has 0 saturated heterocycles. The summed E-state index contributed by atoms with van der Waals surface area (Å²) < 4.78 is 7.24. The number of hydrogen-bond donors (Lipinski definition) is 2. The lowest BCUT2D eigenvalue weighted by molar-refractivity contribution is 0.0996. The molecule has 1 amide bonds. The molecule has 4 N–H and O–H groups in total. The maximum absolute atomic E-state index is 13.3. The Kier molecular flexibility index (Phi) is 9.80. The van der Waals surface area contributed by atoms with Crippen molar-refractivity contribution in [3.05, 3.63) is 123 Å². The van der Waals surface area contributed by atoms with Crippen molar-refractivity contribution in [1.82, 2.24) is 24.5 Å². The number of fused-ring (bicyclic) bond motifs is 1. The standard InChI is InChI=1S/C21H15N3OS.C14H16N4O2/c1-2-19-23-18-10-6-7-15(11-12-17-13-22-14-26-17)20(18)21(25)24(19)16-8-4-3-5-9-16;1-8(2)20-10-5-3-9(4-6-10)11-7-17-13(15)12(18-11)14(16)19/h3-10,13-14H,2H2,1H3;3-8H,1-2H3,(H2,15,17)(H2,16,19). The predicted molar refractivity (Wildman–Crippen MR) is 181 cm³/mol. The number of aryl methyl sites for hydroxylation is 1. The molecule has 0 bridgehead atoms. The van der Waals surface area contributed by atoms with Gasteiger partial charge in [-0.2, -0.15) is 0 Å². The van der Waals surface area contributed by atoms with Gasteiger partial charge in [0.1, 0.15) is 11.6 Å². The molecule has 10 nitrogen and oxygen atoms in total. The zero-order valence-corrected chi connectivity index (χ0v) is 26.3. The Morgan fingerprint density at radius 1 is 0.978 bits per heavy atom. The summed E-state index contributed by atoms with van der Waals surface area (Å²) in [5.41, 5.74) is 15.9. The zero-order chi connectivity index (χ0) is 32.6. The fourth-order valence-electron chi connectivity index (χ4n) is 4.56. The lowest BCUT2D eigenvalue weighted by atomic mass is 10.1. The van der Waals surface area contributed by atoms with Crippen LogP contribution in [0.1, 0.15) is 47.5 Å². The van der Waals surface area contributed by atoms with Crippen LogP contribution in [0, 0.1) is 11.8 Å². The number of nitrogens with zero attached hydrogens (tertiary/aromatic N) is 5. The van der Waals surface area contributed by atoms with Crippen LogP contribution >= 0.6 is 11.3 Å². The number of primary amides is 1. The number of thiazole rings is 1. The van der Waals surface area contributed by atoms with Crippen LogP contribution < -0.4 is 21.8 Å². The first-order valence-electron chi connectivity index (χ1n) is 14.4. The second-order valence-corrected chi connectivity index (χ2v) is 11.1. The minimum Gasteiger partial charge on any atom is -0.491 e. The molecule has 0 atom stereocenters. The minimum atomic E-state index is -0.698. The molecule has 3 aromatic carbocycles. The average molecular weight is 630 g/mol. The van der Waals surface area contributed by atoms with Crippen LogP contribution in [0.3, 0.4) is 0 Å². The van der Waals surface area contributed by atoms with Crippen LogP contribution in [0.2, 0.25) is 0 Å². The fourth-order valence-corrected chi connectivity index (χ4v) is 5.03. The van der Waals surface area contributed by atoms with Gasteiger partial charge in [0.05, 0.1) is 51.2 Å². The number of rotatable bonds is 6. The van der Waals surface area contributed by atoms with Crippen molar-refractivity contribution in [2.24, 2.45) is 5.73 Å². The number of carbonyl (C=O) groups excluding carboxylic acids is 1. The van der Waals surface area contributed by atoms with Crippen LogP contribution in [0.15, 0.2) is 95.5 Å². The van der Waals surface area contributed by atoms with Gasteiger partial charge in [-0.15, -0.1) is 11.3 Å². The maximum atomic E-state index is 13.3. The number of anilines is 1. The molecule has 0 spiro atoms. The number of amides is 1. The van der Waals surface area contributed by atoms with Crippen molar-refractivity contribution in [3.8, 4) is 34.5 Å². The number of benzene rings is 3. The minimum absolute atomic E-state index is 0.0231. The van der Waals surface area contributed by atoms with Gasteiger partial charge in [-0.05, 0) is 68.3 Å². The Morgan fingerprint density at radius 3 is 2.39 bits per heavy atom. The summed E-state index contributed by atoms with van der Waals surface area (Å²) in [6.45, 7) is 5.91. The molecule has 0 aliphatic rings. The third kappa shape index (κ3) is 7.26. The van der Waals surface area contributed by atoms with E-state index in [0.717, 1.165) is 27.7 Å². The SMILES string of the molecule is CC(C)Oc1ccc(-c2cnc(N)c(C(N)=O)n2)cc1.CCc1nc2cccc(C#Cc3cncs3)c2c(=O)n1-c1ccccc1. The number of hydrogen-bond acceptors (Lipinski definition) is 9. The first-order chi connectivity index (χ1) is 22.2. The first kappa shape index (κ1) is 31.6. The Balaban J connectivity index is 0.000000188. The van der Waals surface area contributed by atoms with Gasteiger partial charge in [-0.1, -0.05) is 37.1 Å². The van der Waals surface area contributed by atoms with E-state index in [9.17, 15) is 9.59 Å². The highest BCUT2D eigenvalue weighted by atomic mass is 32.1. The number of nitrogens with two attached hydrogens (primary N) is 2. The zero-order valence-electron chi connectivity index (χ0n) is 25.5. The molecule has 0 fully saturated rings. The first-order valence-corrected chi connectivity index (χ1v) is 15.3. The highest BCUT2D eigenvalue weighted by Gasteiger charge is 2.14. The number of aromatic nitrogens is 5. The van der Waals surface area contributed by atoms with E-state index in [4.69, 9.17) is 21.2 Å². The molecular formula is C35H31N7O3S. The van der Waals surface area contributed by atoms with Crippen LogP contribution in [0.4, 0.5) is 5.82 Å². The molecule has 6 aromatic rings. The van der Waals surface area contributed by atoms with E-state index in [2.05, 4.69) is 26.8 Å². The Hall–Kier alpha value is -5.86. The molecule has 46 heavy (non-hydrogen) atoms. The van der Waals surface area contributed by atoms with E-state index in [1.165, 1.54) is 17.5 Å². The lowest BCUT2D eigenvalue weighted by Crippen LogP contribution is -2.24. The van der Waals surface area contributed by atoms with Crippen LogP contribution in [0.5, 0.6) is 5.75 Å². The van der Waals surface area contributed by atoms with Crippen molar-refractivity contribution < 1.29 is 9.53 Å². The molecule has 3 heterocycles. The molecule has 230 valence electrons. The number of nitrogen functional groups attached to an aromatic ring is 1. The summed E-state index contributed by atoms with van der Waals surface area (Å²) in [6.07, 6.45) is 3.99. The summed E-state index contributed by atoms with van der Waals surface area (Å²) >= 11 is 1.47. The maximum Gasteiger partial charge on any atom is 0.271 e. The highest BCUT2D eigenvalue weighted by Crippen LogP contribution is 2.22. The summed E-state index contributed by atoms with van der Waals surface area (Å²) in [5.74, 6) is 7.03. The monoisotopic (exact) mass is 629 g/mol. The van der Waals surface area contributed by atoms with Gasteiger partial charge in [0.2, 0.25) is 0 Å². The third-order valence-corrected chi connectivity index (χ3v) is 7.29. The van der Waals surface area contributed by atoms with E-state index in [1.54, 1.807) is 16.3 Å². The van der Waals surface area contributed by atoms with E-state index in [1.807, 2.05) is 93.6 Å². The number of para-hydroxylation sites is 1. The van der Waals surface area contributed by atoms with Crippen LogP contribution in [-0.4, -0.2) is 36.5 Å². The van der Waals surface area contributed by atoms with E-state index in [0.29, 0.717) is 28.6 Å². The smallest absolute Gasteiger partial charge is 0.271 e. The molecule has 0 aliphatic carbocycles. The summed E-state index contributed by atoms with van der Waals surface area (Å²) in [7, 11) is 0. The second kappa shape index (κ2) is 14.3. The molecule has 6 rings (SSSR count). The summed E-state index contributed by atoms with van der Waals surface area (Å²) in [4.78, 5) is 42.2. The second-order valence-electron chi connectivity index (χ2n) is 10.2. The molecule has 11 heteroatoms. The largest absolute Gasteiger partial charge is 0.491 e. The normalized spacial score (nSPS) is 10.5.